The lowest BCUT2D eigenvalue weighted by atomic mass is 10.00. The summed E-state index contributed by atoms with van der Waals surface area (Å²) in [6.45, 7) is 4.10. The highest BCUT2D eigenvalue weighted by molar-refractivity contribution is 5.80. The Balaban J connectivity index is 3.58. The van der Waals surface area contributed by atoms with Crippen molar-refractivity contribution >= 4 is 5.91 Å². The van der Waals surface area contributed by atoms with Crippen molar-refractivity contribution in [2.75, 3.05) is 6.61 Å². The molecule has 0 heterocycles. The van der Waals surface area contributed by atoms with Gasteiger partial charge in [-0.25, -0.2) is 0 Å². The highest BCUT2D eigenvalue weighted by Gasteiger charge is 2.28. The Kier molecular flexibility index (Phi) is 56.2. The number of allylic oxidation sites excluding steroid dienone is 2. The van der Waals surface area contributed by atoms with E-state index in [1.165, 1.54) is 283 Å². The van der Waals surface area contributed by atoms with Gasteiger partial charge in [0.2, 0.25) is 5.91 Å². The maximum absolute atomic E-state index is 12.6. The predicted molar refractivity (Wildman–Crippen MR) is 298 cm³/mol. The summed E-state index contributed by atoms with van der Waals surface area (Å²) in [6.07, 6.45) is 68.8. The van der Waals surface area contributed by atoms with Crippen molar-refractivity contribution in [1.29, 1.82) is 0 Å². The average Bonchev–Trinajstić information content (AvgIpc) is 3.34. The van der Waals surface area contributed by atoms with E-state index in [0.29, 0.717) is 12.8 Å². The quantitative estimate of drug-likeness (QED) is 0.0308. The Bertz CT molecular complexity index is 990. The number of hydrogen-bond donors (Lipinski definition) is 5. The third-order valence-electron chi connectivity index (χ3n) is 15.0. The molecule has 0 fully saturated rings. The van der Waals surface area contributed by atoms with Crippen molar-refractivity contribution < 1.29 is 25.2 Å². The average molecular weight is 963 g/mol. The molecule has 0 radical (unpaired) electrons. The van der Waals surface area contributed by atoms with E-state index in [-0.39, 0.29) is 0 Å². The van der Waals surface area contributed by atoms with Crippen molar-refractivity contribution in [3.8, 4) is 0 Å². The summed E-state index contributed by atoms with van der Waals surface area (Å²) in [7, 11) is 0. The van der Waals surface area contributed by atoms with Crippen LogP contribution in [0, 0.1) is 0 Å². The van der Waals surface area contributed by atoms with Gasteiger partial charge in [-0.05, 0) is 38.5 Å². The molecule has 4 unspecified atom stereocenters. The van der Waals surface area contributed by atoms with Gasteiger partial charge in [0.05, 0.1) is 18.8 Å². The Morgan fingerprint density at radius 3 is 0.882 bits per heavy atom. The summed E-state index contributed by atoms with van der Waals surface area (Å²) < 4.78 is 0. The van der Waals surface area contributed by atoms with E-state index in [0.717, 1.165) is 38.5 Å². The van der Waals surface area contributed by atoms with Crippen LogP contribution in [-0.4, -0.2) is 57.3 Å². The number of amides is 1. The normalized spacial score (nSPS) is 13.7. The van der Waals surface area contributed by atoms with Crippen molar-refractivity contribution in [3.63, 3.8) is 0 Å². The molecule has 0 aliphatic carbocycles. The van der Waals surface area contributed by atoms with Crippen molar-refractivity contribution in [3.05, 3.63) is 12.2 Å². The molecule has 6 heteroatoms. The number of carbonyl (C=O) groups is 1. The van der Waals surface area contributed by atoms with Crippen LogP contribution in [0.2, 0.25) is 0 Å². The number of unbranched alkanes of at least 4 members (excludes halogenated alkanes) is 47. The lowest BCUT2D eigenvalue weighted by molar-refractivity contribution is -0.132. The Hall–Kier alpha value is -0.950. The lowest BCUT2D eigenvalue weighted by Crippen LogP contribution is -2.53. The molecule has 0 bridgehead atoms. The number of rotatable bonds is 58. The molecule has 0 aromatic rings. The SMILES string of the molecule is CCCCCCCCCCCCCCCCCCCCC/C=C/CCCC(O)C(O)C(CO)NC(=O)C(O)CCCCCCCCCCCCCCCCCCCCCCCCCCCCCC. The molecule has 0 spiro atoms. The Morgan fingerprint density at radius 2 is 0.603 bits per heavy atom. The fourth-order valence-corrected chi connectivity index (χ4v) is 10.1. The van der Waals surface area contributed by atoms with Crippen LogP contribution in [0.4, 0.5) is 0 Å². The van der Waals surface area contributed by atoms with Crippen LogP contribution in [0.1, 0.15) is 348 Å². The summed E-state index contributed by atoms with van der Waals surface area (Å²) in [5.74, 6) is -0.585. The maximum Gasteiger partial charge on any atom is 0.249 e. The predicted octanol–water partition coefficient (Wildman–Crippen LogP) is 18.4. The van der Waals surface area contributed by atoms with Crippen LogP contribution in [-0.2, 0) is 4.79 Å². The zero-order chi connectivity index (χ0) is 49.5. The van der Waals surface area contributed by atoms with Gasteiger partial charge in [0, 0.05) is 0 Å². The molecule has 0 aliphatic heterocycles. The summed E-state index contributed by atoms with van der Waals surface area (Å²) >= 11 is 0. The van der Waals surface area contributed by atoms with E-state index in [2.05, 4.69) is 31.3 Å². The highest BCUT2D eigenvalue weighted by Crippen LogP contribution is 2.19. The number of aliphatic hydroxyl groups is 4. The van der Waals surface area contributed by atoms with E-state index in [1.54, 1.807) is 0 Å². The van der Waals surface area contributed by atoms with Crippen LogP contribution in [0.3, 0.4) is 0 Å². The molecule has 0 aromatic heterocycles. The second-order valence-electron chi connectivity index (χ2n) is 21.8. The zero-order valence-electron chi connectivity index (χ0n) is 46.1. The third kappa shape index (κ3) is 50.0. The molecule has 0 aromatic carbocycles. The van der Waals surface area contributed by atoms with Gasteiger partial charge in [0.25, 0.3) is 0 Å². The Labute approximate surface area is 425 Å². The van der Waals surface area contributed by atoms with E-state index >= 15 is 0 Å². The van der Waals surface area contributed by atoms with Gasteiger partial charge in [-0.15, -0.1) is 0 Å². The van der Waals surface area contributed by atoms with E-state index < -0.39 is 36.9 Å². The Morgan fingerprint density at radius 1 is 0.353 bits per heavy atom. The molecule has 6 nitrogen and oxygen atoms in total. The maximum atomic E-state index is 12.6. The molecule has 5 N–H and O–H groups in total. The molecular formula is C62H123NO5. The van der Waals surface area contributed by atoms with Crippen molar-refractivity contribution in [1.82, 2.24) is 5.32 Å². The first-order chi connectivity index (χ1) is 33.5. The van der Waals surface area contributed by atoms with Gasteiger partial charge in [0.1, 0.15) is 12.2 Å². The monoisotopic (exact) mass is 962 g/mol. The fraction of sp³-hybridized carbons (Fsp3) is 0.952. The first kappa shape index (κ1) is 67.0. The second kappa shape index (κ2) is 57.0. The van der Waals surface area contributed by atoms with Crippen LogP contribution >= 0.6 is 0 Å². The van der Waals surface area contributed by atoms with E-state index in [1.807, 2.05) is 0 Å². The minimum Gasteiger partial charge on any atom is -0.394 e. The summed E-state index contributed by atoms with van der Waals surface area (Å²) in [4.78, 5) is 12.6. The summed E-state index contributed by atoms with van der Waals surface area (Å²) in [5, 5.41) is 44.1. The van der Waals surface area contributed by atoms with Gasteiger partial charge in [-0.1, -0.05) is 321 Å². The lowest BCUT2D eigenvalue weighted by Gasteiger charge is -2.27. The zero-order valence-corrected chi connectivity index (χ0v) is 46.1. The number of hydrogen-bond acceptors (Lipinski definition) is 5. The van der Waals surface area contributed by atoms with E-state index in [4.69, 9.17) is 0 Å². The topological polar surface area (TPSA) is 110 Å². The number of carbonyl (C=O) groups excluding carboxylic acids is 1. The molecule has 1 amide bonds. The molecule has 406 valence electrons. The van der Waals surface area contributed by atoms with Gasteiger partial charge in [-0.3, -0.25) is 4.79 Å². The largest absolute Gasteiger partial charge is 0.394 e. The molecule has 68 heavy (non-hydrogen) atoms. The van der Waals surface area contributed by atoms with Crippen molar-refractivity contribution in [2.24, 2.45) is 0 Å². The van der Waals surface area contributed by atoms with Crippen LogP contribution in [0.25, 0.3) is 0 Å². The van der Waals surface area contributed by atoms with Crippen LogP contribution in [0.5, 0.6) is 0 Å². The fourth-order valence-electron chi connectivity index (χ4n) is 10.1. The van der Waals surface area contributed by atoms with Gasteiger partial charge >= 0.3 is 0 Å². The van der Waals surface area contributed by atoms with Gasteiger partial charge in [0.15, 0.2) is 0 Å². The first-order valence-corrected chi connectivity index (χ1v) is 31.1. The highest BCUT2D eigenvalue weighted by atomic mass is 16.3. The third-order valence-corrected chi connectivity index (χ3v) is 15.0. The minimum atomic E-state index is -1.28. The van der Waals surface area contributed by atoms with Crippen molar-refractivity contribution in [2.45, 2.75) is 372 Å². The smallest absolute Gasteiger partial charge is 0.249 e. The molecule has 0 aliphatic rings. The minimum absolute atomic E-state index is 0.369. The molecule has 0 rings (SSSR count). The van der Waals surface area contributed by atoms with Crippen LogP contribution in [0.15, 0.2) is 12.2 Å². The summed E-state index contributed by atoms with van der Waals surface area (Å²) in [6, 6.07) is -0.999. The molecule has 4 atom stereocenters. The van der Waals surface area contributed by atoms with E-state index in [9.17, 15) is 25.2 Å². The number of aliphatic hydroxyl groups excluding tert-OH is 4. The number of nitrogens with one attached hydrogen (secondary N) is 1. The molecule has 0 saturated heterocycles. The first-order valence-electron chi connectivity index (χ1n) is 31.1. The van der Waals surface area contributed by atoms with Crippen LogP contribution < -0.4 is 5.32 Å². The molecular weight excluding hydrogens is 839 g/mol. The van der Waals surface area contributed by atoms with Gasteiger partial charge in [-0.2, -0.15) is 0 Å². The second-order valence-corrected chi connectivity index (χ2v) is 21.8. The standard InChI is InChI=1S/C62H123NO5/c1-3-5-7-9-11-13-15-17-19-21-23-25-27-29-30-31-32-34-36-38-40-42-44-46-48-50-52-54-56-60(66)62(68)63-58(57-64)61(67)59(65)55-53-51-49-47-45-43-41-39-37-35-33-28-26-24-22-20-18-16-14-12-10-8-6-4-2/h47,49,58-61,64-67H,3-46,48,50-57H2,1-2H3,(H,63,68)/b49-47+. The molecule has 0 saturated carbocycles. The summed E-state index contributed by atoms with van der Waals surface area (Å²) in [5.41, 5.74) is 0. The van der Waals surface area contributed by atoms with Gasteiger partial charge < -0.3 is 25.7 Å².